The number of benzene rings is 1. The standard InChI is InChI=1S/C16H21NO5/c1-10(2)14-13(15(18)21-4)17(16(19)22-14)9-11-5-7-12(20-3)8-6-11/h5-8,10,13-14H,9H2,1-4H3/t13-,14+/m1/s1. The summed E-state index contributed by atoms with van der Waals surface area (Å²) in [6, 6.07) is 6.60. The summed E-state index contributed by atoms with van der Waals surface area (Å²) in [5.74, 6) is 0.296. The van der Waals surface area contributed by atoms with Gasteiger partial charge in [-0.05, 0) is 23.6 Å². The zero-order valence-electron chi connectivity index (χ0n) is 13.2. The van der Waals surface area contributed by atoms with Gasteiger partial charge in [0, 0.05) is 0 Å². The van der Waals surface area contributed by atoms with E-state index in [0.717, 1.165) is 11.3 Å². The Morgan fingerprint density at radius 3 is 2.41 bits per heavy atom. The van der Waals surface area contributed by atoms with Crippen LogP contribution in [0.1, 0.15) is 19.4 Å². The molecule has 0 bridgehead atoms. The third-order valence-corrected chi connectivity index (χ3v) is 3.73. The van der Waals surface area contributed by atoms with Crippen LogP contribution in [0.2, 0.25) is 0 Å². The van der Waals surface area contributed by atoms with Gasteiger partial charge < -0.3 is 14.2 Å². The number of hydrogen-bond donors (Lipinski definition) is 0. The van der Waals surface area contributed by atoms with Gasteiger partial charge in [-0.3, -0.25) is 4.90 Å². The van der Waals surface area contributed by atoms with E-state index in [9.17, 15) is 9.59 Å². The number of ether oxygens (including phenoxy) is 3. The highest BCUT2D eigenvalue weighted by Gasteiger charge is 2.48. The van der Waals surface area contributed by atoms with Crippen LogP contribution in [0, 0.1) is 5.92 Å². The molecule has 120 valence electrons. The van der Waals surface area contributed by atoms with E-state index in [0.29, 0.717) is 0 Å². The predicted molar refractivity (Wildman–Crippen MR) is 79.4 cm³/mol. The number of cyclic esters (lactones) is 1. The third-order valence-electron chi connectivity index (χ3n) is 3.73. The highest BCUT2D eigenvalue weighted by Crippen LogP contribution is 2.28. The van der Waals surface area contributed by atoms with Gasteiger partial charge in [0.2, 0.25) is 0 Å². The van der Waals surface area contributed by atoms with Crippen LogP contribution in [0.3, 0.4) is 0 Å². The first-order valence-electron chi connectivity index (χ1n) is 7.16. The largest absolute Gasteiger partial charge is 0.497 e. The Labute approximate surface area is 129 Å². The topological polar surface area (TPSA) is 65.1 Å². The molecule has 0 radical (unpaired) electrons. The van der Waals surface area contributed by atoms with Gasteiger partial charge in [-0.2, -0.15) is 0 Å². The molecule has 6 nitrogen and oxygen atoms in total. The molecule has 1 aliphatic rings. The normalized spacial score (nSPS) is 21.0. The van der Waals surface area contributed by atoms with Crippen molar-refractivity contribution in [3.05, 3.63) is 29.8 Å². The number of carbonyl (C=O) groups excluding carboxylic acids is 2. The van der Waals surface area contributed by atoms with E-state index in [4.69, 9.17) is 14.2 Å². The third kappa shape index (κ3) is 3.16. The molecule has 0 N–H and O–H groups in total. The van der Waals surface area contributed by atoms with Crippen LogP contribution in [-0.2, 0) is 20.8 Å². The maximum Gasteiger partial charge on any atom is 0.411 e. The molecule has 1 fully saturated rings. The Balaban J connectivity index is 2.22. The Morgan fingerprint density at radius 1 is 1.27 bits per heavy atom. The van der Waals surface area contributed by atoms with Gasteiger partial charge in [0.1, 0.15) is 11.9 Å². The molecule has 2 atom stereocenters. The summed E-state index contributed by atoms with van der Waals surface area (Å²) in [5, 5.41) is 0. The minimum Gasteiger partial charge on any atom is -0.497 e. The van der Waals surface area contributed by atoms with E-state index >= 15 is 0 Å². The lowest BCUT2D eigenvalue weighted by Gasteiger charge is -2.24. The lowest BCUT2D eigenvalue weighted by molar-refractivity contribution is -0.147. The van der Waals surface area contributed by atoms with Gasteiger partial charge in [0.05, 0.1) is 20.8 Å². The first-order valence-corrected chi connectivity index (χ1v) is 7.16. The van der Waals surface area contributed by atoms with Gasteiger partial charge in [-0.25, -0.2) is 9.59 Å². The van der Waals surface area contributed by atoms with Crippen molar-refractivity contribution in [2.45, 2.75) is 32.5 Å². The van der Waals surface area contributed by atoms with Crippen LogP contribution in [0.5, 0.6) is 5.75 Å². The Hall–Kier alpha value is -2.24. The fourth-order valence-electron chi connectivity index (χ4n) is 2.51. The summed E-state index contributed by atoms with van der Waals surface area (Å²) in [6.07, 6.45) is -0.997. The maximum absolute atomic E-state index is 12.1. The SMILES string of the molecule is COC(=O)[C@H]1[C@H](C(C)C)OC(=O)N1Cc1ccc(OC)cc1. The average Bonchev–Trinajstić information content (AvgIpc) is 2.84. The Bertz CT molecular complexity index is 540. The molecule has 22 heavy (non-hydrogen) atoms. The zero-order chi connectivity index (χ0) is 16.3. The molecule has 1 heterocycles. The van der Waals surface area contributed by atoms with E-state index < -0.39 is 24.2 Å². The molecule has 2 rings (SSSR count). The molecule has 0 saturated carbocycles. The first kappa shape index (κ1) is 16.1. The van der Waals surface area contributed by atoms with Crippen LogP contribution in [0.15, 0.2) is 24.3 Å². The van der Waals surface area contributed by atoms with E-state index in [1.165, 1.54) is 12.0 Å². The summed E-state index contributed by atoms with van der Waals surface area (Å²) in [4.78, 5) is 25.6. The van der Waals surface area contributed by atoms with E-state index in [-0.39, 0.29) is 12.5 Å². The second-order valence-corrected chi connectivity index (χ2v) is 5.54. The van der Waals surface area contributed by atoms with Crippen LogP contribution < -0.4 is 4.74 Å². The van der Waals surface area contributed by atoms with Crippen molar-refractivity contribution in [1.82, 2.24) is 4.90 Å². The Morgan fingerprint density at radius 2 is 1.91 bits per heavy atom. The number of rotatable bonds is 5. The van der Waals surface area contributed by atoms with Crippen molar-refractivity contribution in [2.24, 2.45) is 5.92 Å². The molecule has 0 aromatic heterocycles. The molecule has 1 aromatic carbocycles. The van der Waals surface area contributed by atoms with Crippen LogP contribution in [-0.4, -0.2) is 43.3 Å². The smallest absolute Gasteiger partial charge is 0.411 e. The molecule has 1 saturated heterocycles. The number of hydrogen-bond acceptors (Lipinski definition) is 5. The molecule has 0 spiro atoms. The van der Waals surface area contributed by atoms with Gasteiger partial charge in [-0.15, -0.1) is 0 Å². The molecular formula is C16H21NO5. The molecule has 1 amide bonds. The maximum atomic E-state index is 12.1. The highest BCUT2D eigenvalue weighted by atomic mass is 16.6. The van der Waals surface area contributed by atoms with E-state index in [2.05, 4.69) is 0 Å². The number of carbonyl (C=O) groups is 2. The molecule has 0 unspecified atom stereocenters. The first-order chi connectivity index (χ1) is 10.5. The van der Waals surface area contributed by atoms with Crippen molar-refractivity contribution < 1.29 is 23.8 Å². The lowest BCUT2D eigenvalue weighted by atomic mass is 9.99. The lowest BCUT2D eigenvalue weighted by Crippen LogP contribution is -2.44. The Kier molecular flexibility index (Phi) is 4.90. The number of methoxy groups -OCH3 is 2. The summed E-state index contributed by atoms with van der Waals surface area (Å²) >= 11 is 0. The second kappa shape index (κ2) is 6.68. The van der Waals surface area contributed by atoms with Crippen molar-refractivity contribution in [1.29, 1.82) is 0 Å². The number of nitrogens with zero attached hydrogens (tertiary/aromatic N) is 1. The highest BCUT2D eigenvalue weighted by molar-refractivity contribution is 5.85. The van der Waals surface area contributed by atoms with Gasteiger partial charge in [0.25, 0.3) is 0 Å². The number of esters is 1. The molecule has 1 aliphatic heterocycles. The molecule has 1 aromatic rings. The minimum atomic E-state index is -0.723. The van der Waals surface area contributed by atoms with Crippen molar-refractivity contribution in [3.8, 4) is 5.75 Å². The van der Waals surface area contributed by atoms with Crippen molar-refractivity contribution >= 4 is 12.1 Å². The van der Waals surface area contributed by atoms with Gasteiger partial charge in [0.15, 0.2) is 6.04 Å². The number of amides is 1. The van der Waals surface area contributed by atoms with Crippen molar-refractivity contribution in [2.75, 3.05) is 14.2 Å². The molecule has 0 aliphatic carbocycles. The van der Waals surface area contributed by atoms with Crippen molar-refractivity contribution in [3.63, 3.8) is 0 Å². The van der Waals surface area contributed by atoms with Crippen LogP contribution in [0.4, 0.5) is 4.79 Å². The van der Waals surface area contributed by atoms with Gasteiger partial charge >= 0.3 is 12.1 Å². The summed E-state index contributed by atoms with van der Waals surface area (Å²) in [7, 11) is 2.90. The quantitative estimate of drug-likeness (QED) is 0.780. The average molecular weight is 307 g/mol. The van der Waals surface area contributed by atoms with E-state index in [1.54, 1.807) is 7.11 Å². The summed E-state index contributed by atoms with van der Waals surface area (Å²) in [6.45, 7) is 4.10. The molecular weight excluding hydrogens is 286 g/mol. The van der Waals surface area contributed by atoms with Gasteiger partial charge in [-0.1, -0.05) is 26.0 Å². The van der Waals surface area contributed by atoms with Crippen LogP contribution >= 0.6 is 0 Å². The van der Waals surface area contributed by atoms with Crippen LogP contribution in [0.25, 0.3) is 0 Å². The molecule has 6 heteroatoms. The predicted octanol–water partition coefficient (Wildman–Crippen LogP) is 2.21. The van der Waals surface area contributed by atoms with E-state index in [1.807, 2.05) is 38.1 Å². The zero-order valence-corrected chi connectivity index (χ0v) is 13.2. The summed E-state index contributed by atoms with van der Waals surface area (Å²) < 4.78 is 15.3. The summed E-state index contributed by atoms with van der Waals surface area (Å²) in [5.41, 5.74) is 0.885. The fraction of sp³-hybridized carbons (Fsp3) is 0.500. The fourth-order valence-corrected chi connectivity index (χ4v) is 2.51. The monoisotopic (exact) mass is 307 g/mol. The minimum absolute atomic E-state index is 0.0221. The second-order valence-electron chi connectivity index (χ2n) is 5.54.